The van der Waals surface area contributed by atoms with Gasteiger partial charge in [-0.2, -0.15) is 13.2 Å². The molecule has 2 amide bonds. The fourth-order valence-electron chi connectivity index (χ4n) is 4.08. The Balaban J connectivity index is 2.10. The van der Waals surface area contributed by atoms with Crippen LogP contribution < -0.4 is 14.4 Å². The number of amides is 2. The average molecular weight is 640 g/mol. The molecule has 0 unspecified atom stereocenters. The van der Waals surface area contributed by atoms with Crippen LogP contribution in [0, 0.1) is 5.92 Å². The summed E-state index contributed by atoms with van der Waals surface area (Å²) in [7, 11) is -3.11. The van der Waals surface area contributed by atoms with Crippen LogP contribution in [0.25, 0.3) is 0 Å². The van der Waals surface area contributed by atoms with E-state index >= 15 is 0 Å². The van der Waals surface area contributed by atoms with Gasteiger partial charge in [-0.05, 0) is 60.9 Å². The van der Waals surface area contributed by atoms with Gasteiger partial charge in [-0.3, -0.25) is 13.9 Å². The van der Waals surface area contributed by atoms with E-state index in [1.165, 1.54) is 43.2 Å². The molecule has 13 heteroatoms. The highest BCUT2D eigenvalue weighted by Crippen LogP contribution is 2.37. The zero-order chi connectivity index (χ0) is 31.9. The molecule has 0 aliphatic rings. The Labute approximate surface area is 254 Å². The Morgan fingerprint density at radius 2 is 1.60 bits per heavy atom. The Bertz CT molecular complexity index is 1520. The van der Waals surface area contributed by atoms with Crippen molar-refractivity contribution in [1.82, 2.24) is 10.2 Å². The largest absolute Gasteiger partial charge is 0.497 e. The number of methoxy groups -OCH3 is 1. The number of hydrogen-bond acceptors (Lipinski definition) is 5. The molecule has 8 nitrogen and oxygen atoms in total. The summed E-state index contributed by atoms with van der Waals surface area (Å²) >= 11 is 6.27. The first-order valence-electron chi connectivity index (χ1n) is 13.3. The molecule has 0 aliphatic heterocycles. The Morgan fingerprint density at radius 3 is 2.16 bits per heavy atom. The van der Waals surface area contributed by atoms with E-state index in [-0.39, 0.29) is 22.4 Å². The van der Waals surface area contributed by atoms with E-state index < -0.39 is 51.9 Å². The molecule has 0 heterocycles. The zero-order valence-electron chi connectivity index (χ0n) is 24.1. The van der Waals surface area contributed by atoms with Gasteiger partial charge in [0.05, 0.1) is 28.3 Å². The average Bonchev–Trinajstić information content (AvgIpc) is 2.97. The van der Waals surface area contributed by atoms with Gasteiger partial charge in [0.25, 0.3) is 10.0 Å². The molecule has 0 spiro atoms. The molecule has 1 N–H and O–H groups in total. The predicted octanol–water partition coefficient (Wildman–Crippen LogP) is 5.75. The third-order valence-corrected chi connectivity index (χ3v) is 8.61. The normalized spacial score (nSPS) is 12.5. The van der Waals surface area contributed by atoms with Gasteiger partial charge in [-0.25, -0.2) is 8.42 Å². The van der Waals surface area contributed by atoms with Crippen molar-refractivity contribution in [2.45, 2.75) is 44.4 Å². The third kappa shape index (κ3) is 8.64. The number of sulfonamides is 1. The van der Waals surface area contributed by atoms with Crippen LogP contribution in [0.2, 0.25) is 5.02 Å². The fraction of sp³-hybridized carbons (Fsp3) is 0.333. The van der Waals surface area contributed by atoms with E-state index in [1.807, 2.05) is 13.8 Å². The van der Waals surface area contributed by atoms with Gasteiger partial charge in [0.1, 0.15) is 18.3 Å². The number of hydrogen-bond donors (Lipinski definition) is 1. The quantitative estimate of drug-likeness (QED) is 0.272. The fourth-order valence-corrected chi connectivity index (χ4v) is 5.79. The van der Waals surface area contributed by atoms with Crippen LogP contribution in [-0.4, -0.2) is 51.4 Å². The maximum Gasteiger partial charge on any atom is 0.416 e. The lowest BCUT2D eigenvalue weighted by atomic mass is 10.1. The first kappa shape index (κ1) is 33.7. The van der Waals surface area contributed by atoms with Crippen LogP contribution in [-0.2, 0) is 32.3 Å². The Morgan fingerprint density at radius 1 is 0.977 bits per heavy atom. The lowest BCUT2D eigenvalue weighted by Gasteiger charge is -2.32. The molecule has 0 saturated heterocycles. The molecule has 0 bridgehead atoms. The molecular weight excluding hydrogens is 607 g/mol. The molecule has 0 fully saturated rings. The maximum absolute atomic E-state index is 14.0. The minimum absolute atomic E-state index is 0.103. The maximum atomic E-state index is 14.0. The lowest BCUT2D eigenvalue weighted by Crippen LogP contribution is -2.51. The third-order valence-electron chi connectivity index (χ3n) is 6.52. The van der Waals surface area contributed by atoms with Crippen molar-refractivity contribution in [2.24, 2.45) is 5.92 Å². The molecule has 232 valence electrons. The van der Waals surface area contributed by atoms with Gasteiger partial charge >= 0.3 is 6.18 Å². The van der Waals surface area contributed by atoms with Gasteiger partial charge in [-0.15, -0.1) is 0 Å². The number of rotatable bonds is 12. The number of nitrogens with one attached hydrogen (secondary N) is 1. The van der Waals surface area contributed by atoms with E-state index in [0.29, 0.717) is 28.2 Å². The number of nitrogens with zero attached hydrogens (tertiary/aromatic N) is 2. The summed E-state index contributed by atoms with van der Waals surface area (Å²) in [6, 6.07) is 14.8. The van der Waals surface area contributed by atoms with Gasteiger partial charge in [0.2, 0.25) is 11.8 Å². The van der Waals surface area contributed by atoms with Crippen LogP contribution in [0.5, 0.6) is 5.75 Å². The Hall–Kier alpha value is -3.77. The van der Waals surface area contributed by atoms with Crippen LogP contribution in [0.15, 0.2) is 77.7 Å². The molecule has 0 aliphatic carbocycles. The van der Waals surface area contributed by atoms with E-state index in [4.69, 9.17) is 16.3 Å². The number of benzene rings is 3. The van der Waals surface area contributed by atoms with E-state index in [2.05, 4.69) is 5.32 Å². The van der Waals surface area contributed by atoms with Gasteiger partial charge in [-0.1, -0.05) is 55.8 Å². The highest BCUT2D eigenvalue weighted by Gasteiger charge is 2.36. The summed E-state index contributed by atoms with van der Waals surface area (Å²) in [6.45, 7) is 4.59. The number of alkyl halides is 3. The van der Waals surface area contributed by atoms with Crippen LogP contribution in [0.4, 0.5) is 18.9 Å². The second kappa shape index (κ2) is 14.1. The number of anilines is 1. The molecule has 3 rings (SSSR count). The standard InChI is InChI=1S/C30H33ClF3N3O5S/c1-20(2)17-35-29(39)21(3)36(18-22-10-13-24(42-4)14-11-22)28(38)19-37(43(40,41)25-8-6-5-7-9-25)27-16-23(30(32,33)34)12-15-26(27)31/h5-16,20-21H,17-19H2,1-4H3,(H,35,39)/t21-/m0/s1. The summed E-state index contributed by atoms with van der Waals surface area (Å²) in [6.07, 6.45) is -4.81. The first-order chi connectivity index (χ1) is 20.1. The summed E-state index contributed by atoms with van der Waals surface area (Å²) in [5.41, 5.74) is -1.08. The van der Waals surface area contributed by atoms with Gasteiger partial charge in [0.15, 0.2) is 0 Å². The van der Waals surface area contributed by atoms with Crippen molar-refractivity contribution in [2.75, 3.05) is 24.5 Å². The predicted molar refractivity (Wildman–Crippen MR) is 158 cm³/mol. The number of carbonyl (C=O) groups excluding carboxylic acids is 2. The molecule has 43 heavy (non-hydrogen) atoms. The van der Waals surface area contributed by atoms with Crippen molar-refractivity contribution in [1.29, 1.82) is 0 Å². The highest BCUT2D eigenvalue weighted by atomic mass is 35.5. The van der Waals surface area contributed by atoms with Crippen LogP contribution >= 0.6 is 11.6 Å². The SMILES string of the molecule is COc1ccc(CN(C(=O)CN(c2cc(C(F)(F)F)ccc2Cl)S(=O)(=O)c2ccccc2)[C@@H](C)C(=O)NCC(C)C)cc1. The van der Waals surface area contributed by atoms with Gasteiger partial charge < -0.3 is 15.0 Å². The van der Waals surface area contributed by atoms with E-state index in [9.17, 15) is 31.2 Å². The molecule has 3 aromatic rings. The van der Waals surface area contributed by atoms with Crippen molar-refractivity contribution in [3.8, 4) is 5.75 Å². The monoisotopic (exact) mass is 639 g/mol. The molecule has 0 saturated carbocycles. The van der Waals surface area contributed by atoms with Crippen LogP contribution in [0.3, 0.4) is 0 Å². The first-order valence-corrected chi connectivity index (χ1v) is 15.1. The number of halogens is 4. The van der Waals surface area contributed by atoms with Crippen molar-refractivity contribution in [3.63, 3.8) is 0 Å². The van der Waals surface area contributed by atoms with Crippen molar-refractivity contribution < 1.29 is 35.9 Å². The summed E-state index contributed by atoms with van der Waals surface area (Å²) < 4.78 is 74.4. The highest BCUT2D eigenvalue weighted by molar-refractivity contribution is 7.92. The smallest absolute Gasteiger partial charge is 0.416 e. The second-order valence-corrected chi connectivity index (χ2v) is 12.4. The summed E-state index contributed by atoms with van der Waals surface area (Å²) in [5.74, 6) is -0.638. The number of ether oxygens (including phenoxy) is 1. The minimum Gasteiger partial charge on any atom is -0.497 e. The summed E-state index contributed by atoms with van der Waals surface area (Å²) in [4.78, 5) is 27.9. The lowest BCUT2D eigenvalue weighted by molar-refractivity contribution is -0.139. The molecule has 0 aromatic heterocycles. The van der Waals surface area contributed by atoms with Crippen molar-refractivity contribution in [3.05, 3.63) is 88.9 Å². The second-order valence-electron chi connectivity index (χ2n) is 10.2. The molecular formula is C30H33ClF3N3O5S. The van der Waals surface area contributed by atoms with E-state index in [0.717, 1.165) is 12.1 Å². The van der Waals surface area contributed by atoms with Gasteiger partial charge in [0, 0.05) is 13.1 Å². The van der Waals surface area contributed by atoms with Crippen LogP contribution in [0.1, 0.15) is 31.9 Å². The topological polar surface area (TPSA) is 96.0 Å². The zero-order valence-corrected chi connectivity index (χ0v) is 25.6. The summed E-state index contributed by atoms with van der Waals surface area (Å²) in [5, 5.41) is 2.45. The van der Waals surface area contributed by atoms with Crippen molar-refractivity contribution >= 4 is 39.1 Å². The van der Waals surface area contributed by atoms with E-state index in [1.54, 1.807) is 30.3 Å². The Kier molecular flexibility index (Phi) is 11.1. The minimum atomic E-state index is -4.81. The number of carbonyl (C=O) groups is 2. The molecule has 0 radical (unpaired) electrons. The molecule has 3 aromatic carbocycles. The molecule has 1 atom stereocenters.